The topological polar surface area (TPSA) is 74.8 Å². The predicted octanol–water partition coefficient (Wildman–Crippen LogP) is 2.06. The molecular formula is C15H16Cl2N2O4S. The van der Waals surface area contributed by atoms with E-state index in [0.29, 0.717) is 13.0 Å². The molecule has 1 aromatic carbocycles. The van der Waals surface area contributed by atoms with Crippen LogP contribution in [0.25, 0.3) is 0 Å². The van der Waals surface area contributed by atoms with Crippen molar-refractivity contribution >= 4 is 44.9 Å². The predicted molar refractivity (Wildman–Crippen MR) is 91.3 cm³/mol. The molecule has 6 nitrogen and oxygen atoms in total. The Bertz CT molecular complexity index is 784. The molecule has 2 heterocycles. The monoisotopic (exact) mass is 390 g/mol. The first kappa shape index (κ1) is 17.7. The summed E-state index contributed by atoms with van der Waals surface area (Å²) in [7, 11) is -3.04. The third-order valence-electron chi connectivity index (χ3n) is 4.47. The molecule has 0 aliphatic carbocycles. The molecule has 0 spiro atoms. The van der Waals surface area contributed by atoms with Crippen LogP contribution in [-0.2, 0) is 9.84 Å². The molecule has 9 heteroatoms. The van der Waals surface area contributed by atoms with Crippen LogP contribution >= 0.6 is 23.2 Å². The van der Waals surface area contributed by atoms with Crippen molar-refractivity contribution in [1.82, 2.24) is 9.80 Å². The van der Waals surface area contributed by atoms with Crippen LogP contribution in [0.1, 0.15) is 34.1 Å². The SMILES string of the molecule is CCN(CN1C(=O)c2cc(Cl)c(Cl)cc2C1=O)[C@@H]1CCS(=O)(=O)C1. The van der Waals surface area contributed by atoms with Crippen LogP contribution in [0.4, 0.5) is 0 Å². The highest BCUT2D eigenvalue weighted by molar-refractivity contribution is 7.91. The highest BCUT2D eigenvalue weighted by Crippen LogP contribution is 2.32. The van der Waals surface area contributed by atoms with E-state index < -0.39 is 21.7 Å². The first-order chi connectivity index (χ1) is 11.2. The van der Waals surface area contributed by atoms with Gasteiger partial charge in [0, 0.05) is 6.04 Å². The van der Waals surface area contributed by atoms with Crippen molar-refractivity contribution in [3.8, 4) is 0 Å². The summed E-state index contributed by atoms with van der Waals surface area (Å²) in [6, 6.07) is 2.61. The smallest absolute Gasteiger partial charge is 0.262 e. The minimum Gasteiger partial charge on any atom is -0.282 e. The number of nitrogens with zero attached hydrogens (tertiary/aromatic N) is 2. The molecule has 1 saturated heterocycles. The van der Waals surface area contributed by atoms with Crippen LogP contribution in [0.15, 0.2) is 12.1 Å². The molecule has 130 valence electrons. The van der Waals surface area contributed by atoms with Crippen molar-refractivity contribution in [2.24, 2.45) is 0 Å². The number of hydrogen-bond donors (Lipinski definition) is 0. The number of halogens is 2. The molecule has 0 radical (unpaired) electrons. The van der Waals surface area contributed by atoms with Crippen molar-refractivity contribution in [3.05, 3.63) is 33.3 Å². The number of sulfone groups is 1. The minimum absolute atomic E-state index is 0.0538. The van der Waals surface area contributed by atoms with Gasteiger partial charge in [0.15, 0.2) is 9.84 Å². The summed E-state index contributed by atoms with van der Waals surface area (Å²) in [6.07, 6.45) is 0.511. The van der Waals surface area contributed by atoms with E-state index in [1.165, 1.54) is 12.1 Å². The molecule has 0 unspecified atom stereocenters. The number of carbonyl (C=O) groups excluding carboxylic acids is 2. The molecule has 0 bridgehead atoms. The van der Waals surface area contributed by atoms with Gasteiger partial charge in [-0.15, -0.1) is 0 Å². The average Bonchev–Trinajstić information content (AvgIpc) is 2.98. The molecule has 1 atom stereocenters. The van der Waals surface area contributed by atoms with Crippen molar-refractivity contribution < 1.29 is 18.0 Å². The summed E-state index contributed by atoms with van der Waals surface area (Å²) >= 11 is 11.9. The Morgan fingerprint density at radius 1 is 1.17 bits per heavy atom. The fourth-order valence-electron chi connectivity index (χ4n) is 3.13. The highest BCUT2D eigenvalue weighted by atomic mass is 35.5. The lowest BCUT2D eigenvalue weighted by atomic mass is 10.1. The molecule has 1 aromatic rings. The van der Waals surface area contributed by atoms with Crippen molar-refractivity contribution in [2.75, 3.05) is 24.7 Å². The van der Waals surface area contributed by atoms with E-state index in [1.807, 2.05) is 11.8 Å². The fourth-order valence-corrected chi connectivity index (χ4v) is 5.22. The average molecular weight is 391 g/mol. The zero-order valence-corrected chi connectivity index (χ0v) is 15.3. The lowest BCUT2D eigenvalue weighted by Gasteiger charge is -2.30. The van der Waals surface area contributed by atoms with Gasteiger partial charge in [-0.2, -0.15) is 0 Å². The Labute approximate surface area is 150 Å². The molecule has 2 amide bonds. The number of benzene rings is 1. The Hall–Kier alpha value is -1.15. The normalized spacial score (nSPS) is 22.5. The first-order valence-electron chi connectivity index (χ1n) is 7.53. The van der Waals surface area contributed by atoms with Crippen molar-refractivity contribution in [3.63, 3.8) is 0 Å². The lowest BCUT2D eigenvalue weighted by molar-refractivity contribution is 0.0506. The van der Waals surface area contributed by atoms with Gasteiger partial charge in [-0.3, -0.25) is 19.4 Å². The molecule has 0 N–H and O–H groups in total. The molecule has 0 aromatic heterocycles. The maximum atomic E-state index is 12.5. The van der Waals surface area contributed by atoms with Gasteiger partial charge in [0.05, 0.1) is 39.3 Å². The zero-order valence-electron chi connectivity index (χ0n) is 13.0. The van der Waals surface area contributed by atoms with E-state index in [4.69, 9.17) is 23.2 Å². The zero-order chi connectivity index (χ0) is 17.6. The van der Waals surface area contributed by atoms with Gasteiger partial charge in [-0.25, -0.2) is 8.42 Å². The maximum Gasteiger partial charge on any atom is 0.262 e. The van der Waals surface area contributed by atoms with Crippen LogP contribution in [0.3, 0.4) is 0 Å². The van der Waals surface area contributed by atoms with Crippen LogP contribution in [0.5, 0.6) is 0 Å². The molecule has 1 fully saturated rings. The minimum atomic E-state index is -3.04. The molecular weight excluding hydrogens is 375 g/mol. The Morgan fingerprint density at radius 3 is 2.12 bits per heavy atom. The van der Waals surface area contributed by atoms with Crippen LogP contribution in [-0.4, -0.2) is 60.8 Å². The number of rotatable bonds is 4. The molecule has 2 aliphatic heterocycles. The Balaban J connectivity index is 1.83. The summed E-state index contributed by atoms with van der Waals surface area (Å²) in [5.41, 5.74) is 0.453. The number of amides is 2. The summed E-state index contributed by atoms with van der Waals surface area (Å²) in [5, 5.41) is 0.431. The molecule has 2 aliphatic rings. The largest absolute Gasteiger partial charge is 0.282 e. The number of imide groups is 1. The summed E-state index contributed by atoms with van der Waals surface area (Å²) in [5.74, 6) is -0.677. The van der Waals surface area contributed by atoms with Gasteiger partial charge >= 0.3 is 0 Å². The van der Waals surface area contributed by atoms with Gasteiger partial charge in [0.1, 0.15) is 0 Å². The Morgan fingerprint density at radius 2 is 1.71 bits per heavy atom. The quantitative estimate of drug-likeness (QED) is 0.735. The van der Waals surface area contributed by atoms with Crippen LogP contribution in [0, 0.1) is 0 Å². The van der Waals surface area contributed by atoms with E-state index in [9.17, 15) is 18.0 Å². The van der Waals surface area contributed by atoms with E-state index in [1.54, 1.807) is 0 Å². The molecule has 0 saturated carbocycles. The second-order valence-corrected chi connectivity index (χ2v) is 9.00. The van der Waals surface area contributed by atoms with E-state index in [0.717, 1.165) is 4.90 Å². The summed E-state index contributed by atoms with van der Waals surface area (Å²) in [6.45, 7) is 2.46. The van der Waals surface area contributed by atoms with Gasteiger partial charge in [0.25, 0.3) is 11.8 Å². The maximum absolute atomic E-state index is 12.5. The Kier molecular flexibility index (Phi) is 4.63. The van der Waals surface area contributed by atoms with E-state index in [2.05, 4.69) is 0 Å². The second-order valence-electron chi connectivity index (χ2n) is 5.95. The fraction of sp³-hybridized carbons (Fsp3) is 0.467. The van der Waals surface area contributed by atoms with Crippen LogP contribution in [0.2, 0.25) is 10.0 Å². The van der Waals surface area contributed by atoms with E-state index >= 15 is 0 Å². The van der Waals surface area contributed by atoms with E-state index in [-0.39, 0.29) is 45.4 Å². The first-order valence-corrected chi connectivity index (χ1v) is 10.1. The number of hydrogen-bond acceptors (Lipinski definition) is 5. The number of fused-ring (bicyclic) bond motifs is 1. The molecule has 3 rings (SSSR count). The van der Waals surface area contributed by atoms with Crippen molar-refractivity contribution in [2.45, 2.75) is 19.4 Å². The van der Waals surface area contributed by atoms with Gasteiger partial charge < -0.3 is 0 Å². The second kappa shape index (κ2) is 6.29. The summed E-state index contributed by atoms with van der Waals surface area (Å²) in [4.78, 5) is 28.0. The number of carbonyl (C=O) groups is 2. The van der Waals surface area contributed by atoms with Gasteiger partial charge in [-0.1, -0.05) is 30.1 Å². The third-order valence-corrected chi connectivity index (χ3v) is 6.94. The van der Waals surface area contributed by atoms with Crippen molar-refractivity contribution in [1.29, 1.82) is 0 Å². The van der Waals surface area contributed by atoms with Gasteiger partial charge in [-0.05, 0) is 25.1 Å². The third kappa shape index (κ3) is 3.06. The standard InChI is InChI=1S/C15H16Cl2N2O4S/c1-2-18(9-3-4-24(22,23)7-9)8-19-14(20)10-5-12(16)13(17)6-11(10)15(19)21/h5-6,9H,2-4,7-8H2,1H3/t9-/m1/s1. The highest BCUT2D eigenvalue weighted by Gasteiger charge is 2.39. The lowest BCUT2D eigenvalue weighted by Crippen LogP contribution is -2.46. The van der Waals surface area contributed by atoms with Gasteiger partial charge in [0.2, 0.25) is 0 Å². The summed E-state index contributed by atoms with van der Waals surface area (Å²) < 4.78 is 23.4. The van der Waals surface area contributed by atoms with Crippen LogP contribution < -0.4 is 0 Å². The molecule has 24 heavy (non-hydrogen) atoms.